The van der Waals surface area contributed by atoms with Crippen LogP contribution >= 0.6 is 0 Å². The quantitative estimate of drug-likeness (QED) is 0.647. The van der Waals surface area contributed by atoms with E-state index in [2.05, 4.69) is 0 Å². The van der Waals surface area contributed by atoms with Crippen molar-refractivity contribution in [2.24, 2.45) is 0 Å². The van der Waals surface area contributed by atoms with Crippen LogP contribution in [0, 0.1) is 0 Å². The molecule has 1 rings (SSSR count). The third kappa shape index (κ3) is 2.30. The first-order valence-electron chi connectivity index (χ1n) is 3.64. The zero-order chi connectivity index (χ0) is 8.97. The Morgan fingerprint density at radius 2 is 2.42 bits per heavy atom. The number of hydrogen-bond acceptors (Lipinski definition) is 2. The molecule has 0 aliphatic heterocycles. The van der Waals surface area contributed by atoms with Gasteiger partial charge in [0.1, 0.15) is 0 Å². The highest BCUT2D eigenvalue weighted by molar-refractivity contribution is 7.84. The molecule has 0 amide bonds. The van der Waals surface area contributed by atoms with Gasteiger partial charge in [0.05, 0.1) is 5.69 Å². The van der Waals surface area contributed by atoms with Crippen LogP contribution in [-0.2, 0) is 17.3 Å². The maximum absolute atomic E-state index is 10.7. The molecular weight excluding hydrogens is 174 g/mol. The van der Waals surface area contributed by atoms with E-state index >= 15 is 0 Å². The molecule has 1 unspecified atom stereocenters. The Morgan fingerprint density at radius 1 is 1.67 bits per heavy atom. The minimum atomic E-state index is -0.797. The molecule has 0 spiro atoms. The smallest absolute Gasteiger partial charge is 0.166 e. The van der Waals surface area contributed by atoms with Gasteiger partial charge >= 0.3 is 0 Å². The predicted molar refractivity (Wildman–Crippen MR) is 48.8 cm³/mol. The van der Waals surface area contributed by atoms with Crippen molar-refractivity contribution >= 4 is 17.1 Å². The normalized spacial score (nSPS) is 12.8. The van der Waals surface area contributed by atoms with E-state index in [1.165, 1.54) is 0 Å². The van der Waals surface area contributed by atoms with Gasteiger partial charge in [-0.05, 0) is 12.1 Å². The van der Waals surface area contributed by atoms with Gasteiger partial charge in [-0.15, -0.1) is 0 Å². The zero-order valence-corrected chi connectivity index (χ0v) is 7.71. The SMILES string of the molecule is CS(=O)CCn1cccc1C=O. The molecule has 0 bridgehead atoms. The number of nitrogens with zero attached hydrogens (tertiary/aromatic N) is 1. The zero-order valence-electron chi connectivity index (χ0n) is 6.90. The molecule has 1 aromatic heterocycles. The average Bonchev–Trinajstić information content (AvgIpc) is 2.47. The van der Waals surface area contributed by atoms with Gasteiger partial charge in [0, 0.05) is 35.5 Å². The fourth-order valence-corrected chi connectivity index (χ4v) is 1.42. The Morgan fingerprint density at radius 3 is 3.00 bits per heavy atom. The highest BCUT2D eigenvalue weighted by Crippen LogP contribution is 1.98. The van der Waals surface area contributed by atoms with Crippen LogP contribution in [0.15, 0.2) is 18.3 Å². The van der Waals surface area contributed by atoms with Gasteiger partial charge in [-0.25, -0.2) is 0 Å². The minimum absolute atomic E-state index is 0.593. The Kier molecular flexibility index (Phi) is 3.22. The van der Waals surface area contributed by atoms with E-state index in [4.69, 9.17) is 0 Å². The molecule has 4 heteroatoms. The van der Waals surface area contributed by atoms with Gasteiger partial charge in [-0.2, -0.15) is 0 Å². The van der Waals surface area contributed by atoms with E-state index in [1.54, 1.807) is 16.9 Å². The van der Waals surface area contributed by atoms with Crippen LogP contribution in [0.5, 0.6) is 0 Å². The molecule has 0 saturated heterocycles. The summed E-state index contributed by atoms with van der Waals surface area (Å²) in [5, 5.41) is 0. The maximum Gasteiger partial charge on any atom is 0.166 e. The lowest BCUT2D eigenvalue weighted by atomic mass is 10.5. The van der Waals surface area contributed by atoms with E-state index < -0.39 is 10.8 Å². The first-order valence-corrected chi connectivity index (χ1v) is 5.37. The first kappa shape index (κ1) is 9.19. The largest absolute Gasteiger partial charge is 0.344 e. The van der Waals surface area contributed by atoms with E-state index in [0.29, 0.717) is 18.0 Å². The van der Waals surface area contributed by atoms with Crippen molar-refractivity contribution in [3.05, 3.63) is 24.0 Å². The maximum atomic E-state index is 10.7. The summed E-state index contributed by atoms with van der Waals surface area (Å²) in [5.74, 6) is 0.593. The average molecular weight is 185 g/mol. The third-order valence-electron chi connectivity index (χ3n) is 1.61. The number of hydrogen-bond donors (Lipinski definition) is 0. The van der Waals surface area contributed by atoms with E-state index in [9.17, 15) is 9.00 Å². The molecule has 0 N–H and O–H groups in total. The van der Waals surface area contributed by atoms with Crippen LogP contribution in [0.4, 0.5) is 0 Å². The monoisotopic (exact) mass is 185 g/mol. The second-order valence-corrected chi connectivity index (χ2v) is 4.08. The fraction of sp³-hybridized carbons (Fsp3) is 0.375. The second kappa shape index (κ2) is 4.21. The highest BCUT2D eigenvalue weighted by atomic mass is 32.2. The molecule has 1 aromatic rings. The van der Waals surface area contributed by atoms with Gasteiger partial charge in [-0.3, -0.25) is 9.00 Å². The van der Waals surface area contributed by atoms with Crippen LogP contribution in [0.1, 0.15) is 10.5 Å². The van der Waals surface area contributed by atoms with Crippen molar-refractivity contribution in [3.63, 3.8) is 0 Å². The molecule has 0 aliphatic carbocycles. The predicted octanol–water partition coefficient (Wildman–Crippen LogP) is 0.679. The number of carbonyl (C=O) groups excluding carboxylic acids is 1. The molecule has 66 valence electrons. The van der Waals surface area contributed by atoms with Crippen LogP contribution < -0.4 is 0 Å². The Labute approximate surface area is 73.8 Å². The fourth-order valence-electron chi connectivity index (χ4n) is 0.965. The summed E-state index contributed by atoms with van der Waals surface area (Å²) in [4.78, 5) is 10.4. The van der Waals surface area contributed by atoms with Crippen molar-refractivity contribution in [2.45, 2.75) is 6.54 Å². The second-order valence-electron chi connectivity index (χ2n) is 2.52. The Hall–Kier alpha value is -0.900. The summed E-state index contributed by atoms with van der Waals surface area (Å²) >= 11 is 0. The lowest BCUT2D eigenvalue weighted by molar-refractivity contribution is 0.111. The molecule has 0 fully saturated rings. The lowest BCUT2D eigenvalue weighted by Gasteiger charge is -2.02. The standard InChI is InChI=1S/C8H11NO2S/c1-12(11)6-5-9-4-2-3-8(9)7-10/h2-4,7H,5-6H2,1H3. The van der Waals surface area contributed by atoms with E-state index in [-0.39, 0.29) is 0 Å². The van der Waals surface area contributed by atoms with Crippen molar-refractivity contribution in [3.8, 4) is 0 Å². The summed E-state index contributed by atoms with van der Waals surface area (Å²) in [6.07, 6.45) is 4.28. The Balaban J connectivity index is 2.62. The summed E-state index contributed by atoms with van der Waals surface area (Å²) in [7, 11) is -0.797. The first-order chi connectivity index (χ1) is 5.74. The molecule has 1 atom stereocenters. The highest BCUT2D eigenvalue weighted by Gasteiger charge is 1.98. The molecule has 0 saturated carbocycles. The van der Waals surface area contributed by atoms with Gasteiger partial charge < -0.3 is 4.57 Å². The van der Waals surface area contributed by atoms with Gasteiger partial charge in [-0.1, -0.05) is 0 Å². The van der Waals surface area contributed by atoms with Crippen LogP contribution in [0.25, 0.3) is 0 Å². The van der Waals surface area contributed by atoms with Crippen LogP contribution in [-0.4, -0.2) is 27.1 Å². The number of rotatable bonds is 4. The van der Waals surface area contributed by atoms with E-state index in [1.807, 2.05) is 12.3 Å². The van der Waals surface area contributed by atoms with Crippen LogP contribution in [0.2, 0.25) is 0 Å². The number of aryl methyl sites for hydroxylation is 1. The van der Waals surface area contributed by atoms with Crippen molar-refractivity contribution in [1.82, 2.24) is 4.57 Å². The molecule has 0 aliphatic rings. The molecule has 12 heavy (non-hydrogen) atoms. The van der Waals surface area contributed by atoms with Crippen LogP contribution in [0.3, 0.4) is 0 Å². The summed E-state index contributed by atoms with van der Waals surface area (Å²) < 4.78 is 12.5. The van der Waals surface area contributed by atoms with Gasteiger partial charge in [0.15, 0.2) is 6.29 Å². The number of aldehydes is 1. The molecule has 0 radical (unpaired) electrons. The summed E-state index contributed by atoms with van der Waals surface area (Å²) in [5.41, 5.74) is 0.639. The minimum Gasteiger partial charge on any atom is -0.344 e. The summed E-state index contributed by atoms with van der Waals surface area (Å²) in [6.45, 7) is 0.643. The van der Waals surface area contributed by atoms with E-state index in [0.717, 1.165) is 6.29 Å². The van der Waals surface area contributed by atoms with Crippen molar-refractivity contribution < 1.29 is 9.00 Å². The molecular formula is C8H11NO2S. The molecule has 3 nitrogen and oxygen atoms in total. The molecule has 1 heterocycles. The lowest BCUT2D eigenvalue weighted by Crippen LogP contribution is -2.07. The van der Waals surface area contributed by atoms with Crippen molar-refractivity contribution in [1.29, 1.82) is 0 Å². The van der Waals surface area contributed by atoms with Crippen molar-refractivity contribution in [2.75, 3.05) is 12.0 Å². The molecule has 0 aromatic carbocycles. The third-order valence-corrected chi connectivity index (χ3v) is 2.36. The Bertz CT molecular complexity index is 293. The topological polar surface area (TPSA) is 39.1 Å². The van der Waals surface area contributed by atoms with Gasteiger partial charge in [0.25, 0.3) is 0 Å². The van der Waals surface area contributed by atoms with Gasteiger partial charge in [0.2, 0.25) is 0 Å². The summed E-state index contributed by atoms with van der Waals surface area (Å²) in [6, 6.07) is 3.55. The number of aromatic nitrogens is 1. The number of carbonyl (C=O) groups is 1.